The summed E-state index contributed by atoms with van der Waals surface area (Å²) in [5, 5.41) is 14.9. The predicted molar refractivity (Wildman–Crippen MR) is 76.8 cm³/mol. The Kier molecular flexibility index (Phi) is 3.38. The maximum absolute atomic E-state index is 5.58. The average molecular weight is 266 g/mol. The van der Waals surface area contributed by atoms with E-state index in [-0.39, 0.29) is 0 Å². The van der Waals surface area contributed by atoms with Crippen LogP contribution in [-0.4, -0.2) is 20.2 Å². The van der Waals surface area contributed by atoms with Crippen molar-refractivity contribution in [3.8, 4) is 5.69 Å². The minimum absolute atomic E-state index is 0.530. The van der Waals surface area contributed by atoms with Crippen molar-refractivity contribution in [2.45, 2.75) is 6.54 Å². The van der Waals surface area contributed by atoms with Gasteiger partial charge in [-0.15, -0.1) is 0 Å². The molecule has 1 aromatic heterocycles. The van der Waals surface area contributed by atoms with Crippen LogP contribution in [0.3, 0.4) is 0 Å². The van der Waals surface area contributed by atoms with Crippen molar-refractivity contribution in [2.75, 3.05) is 5.32 Å². The van der Waals surface area contributed by atoms with Crippen LogP contribution in [0.2, 0.25) is 0 Å². The highest BCUT2D eigenvalue weighted by Gasteiger charge is 2.07. The van der Waals surface area contributed by atoms with E-state index in [9.17, 15) is 0 Å². The second kappa shape index (κ2) is 5.50. The van der Waals surface area contributed by atoms with E-state index < -0.39 is 0 Å². The molecule has 0 unspecified atom stereocenters. The second-order valence-corrected chi connectivity index (χ2v) is 4.28. The molecule has 0 aliphatic heterocycles. The number of nitrogens with two attached hydrogens (primary N) is 1. The van der Waals surface area contributed by atoms with E-state index in [2.05, 4.69) is 20.8 Å². The van der Waals surface area contributed by atoms with Gasteiger partial charge in [-0.2, -0.15) is 4.68 Å². The molecular formula is C14H14N6. The molecule has 3 rings (SSSR count). The molecule has 100 valence electrons. The molecule has 0 fully saturated rings. The normalized spacial score (nSPS) is 10.4. The highest BCUT2D eigenvalue weighted by molar-refractivity contribution is 5.55. The van der Waals surface area contributed by atoms with E-state index in [1.807, 2.05) is 54.6 Å². The highest BCUT2D eigenvalue weighted by Crippen LogP contribution is 2.17. The first kappa shape index (κ1) is 12.3. The Morgan fingerprint density at radius 2 is 1.75 bits per heavy atom. The number of aromatic nitrogens is 4. The number of nitrogens with one attached hydrogen (secondary N) is 1. The first-order valence-electron chi connectivity index (χ1n) is 6.26. The highest BCUT2D eigenvalue weighted by atomic mass is 15.6. The van der Waals surface area contributed by atoms with Gasteiger partial charge < -0.3 is 11.1 Å². The van der Waals surface area contributed by atoms with Crippen molar-refractivity contribution in [1.29, 1.82) is 0 Å². The van der Waals surface area contributed by atoms with Gasteiger partial charge in [-0.1, -0.05) is 35.4 Å². The molecule has 20 heavy (non-hydrogen) atoms. The zero-order valence-corrected chi connectivity index (χ0v) is 10.8. The summed E-state index contributed by atoms with van der Waals surface area (Å²) in [7, 11) is 0. The summed E-state index contributed by atoms with van der Waals surface area (Å²) in [5.41, 5.74) is 8.47. The van der Waals surface area contributed by atoms with Crippen LogP contribution in [0.1, 0.15) is 5.56 Å². The van der Waals surface area contributed by atoms with E-state index in [0.717, 1.165) is 16.9 Å². The van der Waals surface area contributed by atoms with Crippen LogP contribution < -0.4 is 11.1 Å². The van der Waals surface area contributed by atoms with Crippen LogP contribution in [0, 0.1) is 0 Å². The SMILES string of the molecule is NCc1ccc(Nc2nnnn2-c2ccccc2)cc1. The summed E-state index contributed by atoms with van der Waals surface area (Å²) < 4.78 is 1.65. The molecule has 1 heterocycles. The van der Waals surface area contributed by atoms with Crippen LogP contribution in [0.15, 0.2) is 54.6 Å². The molecule has 0 saturated heterocycles. The van der Waals surface area contributed by atoms with Crippen molar-refractivity contribution in [1.82, 2.24) is 20.2 Å². The maximum Gasteiger partial charge on any atom is 0.252 e. The van der Waals surface area contributed by atoms with Crippen molar-refractivity contribution in [3.63, 3.8) is 0 Å². The molecule has 0 spiro atoms. The molecule has 0 bridgehead atoms. The van der Waals surface area contributed by atoms with Gasteiger partial charge in [0, 0.05) is 12.2 Å². The summed E-state index contributed by atoms with van der Waals surface area (Å²) in [5.74, 6) is 0.566. The maximum atomic E-state index is 5.58. The molecule has 0 amide bonds. The standard InChI is InChI=1S/C14H14N6/c15-10-11-6-8-12(9-7-11)16-14-17-18-19-20(14)13-4-2-1-3-5-13/h1-9H,10,15H2,(H,16,17,19). The van der Waals surface area contributed by atoms with Gasteiger partial charge in [-0.25, -0.2) is 0 Å². The predicted octanol–water partition coefficient (Wildman–Crippen LogP) is 1.86. The van der Waals surface area contributed by atoms with E-state index in [4.69, 9.17) is 5.73 Å². The topological polar surface area (TPSA) is 81.7 Å². The number of hydrogen-bond donors (Lipinski definition) is 2. The number of hydrogen-bond acceptors (Lipinski definition) is 5. The second-order valence-electron chi connectivity index (χ2n) is 4.28. The van der Waals surface area contributed by atoms with Gasteiger partial charge in [0.2, 0.25) is 0 Å². The lowest BCUT2D eigenvalue weighted by molar-refractivity contribution is 0.791. The van der Waals surface area contributed by atoms with Crippen molar-refractivity contribution in [2.24, 2.45) is 5.73 Å². The summed E-state index contributed by atoms with van der Waals surface area (Å²) >= 11 is 0. The smallest absolute Gasteiger partial charge is 0.252 e. The van der Waals surface area contributed by atoms with Crippen LogP contribution >= 0.6 is 0 Å². The fourth-order valence-corrected chi connectivity index (χ4v) is 1.86. The molecule has 0 aliphatic rings. The van der Waals surface area contributed by atoms with Crippen molar-refractivity contribution < 1.29 is 0 Å². The molecule has 0 atom stereocenters. The lowest BCUT2D eigenvalue weighted by atomic mass is 10.2. The van der Waals surface area contributed by atoms with Gasteiger partial charge in [0.05, 0.1) is 5.69 Å². The van der Waals surface area contributed by atoms with Gasteiger partial charge in [0.1, 0.15) is 0 Å². The molecule has 0 aliphatic carbocycles. The minimum Gasteiger partial charge on any atom is -0.326 e. The molecular weight excluding hydrogens is 252 g/mol. The Morgan fingerprint density at radius 1 is 1.00 bits per heavy atom. The molecule has 0 saturated carbocycles. The lowest BCUT2D eigenvalue weighted by Gasteiger charge is -2.07. The third-order valence-electron chi connectivity index (χ3n) is 2.92. The molecule has 6 heteroatoms. The quantitative estimate of drug-likeness (QED) is 0.753. The molecule has 2 aromatic carbocycles. The number of para-hydroxylation sites is 1. The Morgan fingerprint density at radius 3 is 2.45 bits per heavy atom. The molecule has 3 N–H and O–H groups in total. The third kappa shape index (κ3) is 2.50. The lowest BCUT2D eigenvalue weighted by Crippen LogP contribution is -2.03. The van der Waals surface area contributed by atoms with E-state index in [0.29, 0.717) is 12.5 Å². The fraction of sp³-hybridized carbons (Fsp3) is 0.0714. The van der Waals surface area contributed by atoms with Gasteiger partial charge in [-0.05, 0) is 40.3 Å². The fourth-order valence-electron chi connectivity index (χ4n) is 1.86. The Hall–Kier alpha value is -2.73. The monoisotopic (exact) mass is 266 g/mol. The Balaban J connectivity index is 1.86. The van der Waals surface area contributed by atoms with Crippen LogP contribution in [0.25, 0.3) is 5.69 Å². The summed E-state index contributed by atoms with van der Waals surface area (Å²) in [6.45, 7) is 0.530. The Labute approximate surface area is 116 Å². The molecule has 6 nitrogen and oxygen atoms in total. The first-order valence-corrected chi connectivity index (χ1v) is 6.26. The molecule has 0 radical (unpaired) electrons. The third-order valence-corrected chi connectivity index (χ3v) is 2.92. The number of rotatable bonds is 4. The van der Waals surface area contributed by atoms with Crippen LogP contribution in [0.4, 0.5) is 11.6 Å². The number of benzene rings is 2. The van der Waals surface area contributed by atoms with Gasteiger partial charge >= 0.3 is 0 Å². The summed E-state index contributed by atoms with van der Waals surface area (Å²) in [4.78, 5) is 0. The van der Waals surface area contributed by atoms with Crippen molar-refractivity contribution >= 4 is 11.6 Å². The van der Waals surface area contributed by atoms with Crippen molar-refractivity contribution in [3.05, 3.63) is 60.2 Å². The molecule has 3 aromatic rings. The Bertz CT molecular complexity index is 674. The summed E-state index contributed by atoms with van der Waals surface area (Å²) in [6, 6.07) is 17.6. The van der Waals surface area contributed by atoms with Crippen LogP contribution in [0.5, 0.6) is 0 Å². The van der Waals surface area contributed by atoms with E-state index >= 15 is 0 Å². The zero-order chi connectivity index (χ0) is 13.8. The van der Waals surface area contributed by atoms with E-state index in [1.165, 1.54) is 0 Å². The average Bonchev–Trinajstić information content (AvgIpc) is 2.97. The number of nitrogens with zero attached hydrogens (tertiary/aromatic N) is 4. The zero-order valence-electron chi connectivity index (χ0n) is 10.8. The van der Waals surface area contributed by atoms with Gasteiger partial charge in [-0.3, -0.25) is 0 Å². The minimum atomic E-state index is 0.530. The summed E-state index contributed by atoms with van der Waals surface area (Å²) in [6.07, 6.45) is 0. The van der Waals surface area contributed by atoms with Crippen LogP contribution in [-0.2, 0) is 6.54 Å². The van der Waals surface area contributed by atoms with Gasteiger partial charge in [0.15, 0.2) is 0 Å². The van der Waals surface area contributed by atoms with E-state index in [1.54, 1.807) is 4.68 Å². The van der Waals surface area contributed by atoms with Gasteiger partial charge in [0.25, 0.3) is 5.95 Å². The number of anilines is 2. The first-order chi connectivity index (χ1) is 9.86. The number of tetrazole rings is 1. The largest absolute Gasteiger partial charge is 0.326 e.